The van der Waals surface area contributed by atoms with Crippen LogP contribution in [0.5, 0.6) is 0 Å². The van der Waals surface area contributed by atoms with Crippen LogP contribution in [-0.4, -0.2) is 27.8 Å². The molecule has 0 spiro atoms. The third-order valence-electron chi connectivity index (χ3n) is 4.99. The van der Waals surface area contributed by atoms with Crippen molar-refractivity contribution in [1.29, 1.82) is 0 Å². The van der Waals surface area contributed by atoms with Crippen molar-refractivity contribution >= 4 is 18.3 Å². The number of nitrogens with two attached hydrogens (primary N) is 1. The van der Waals surface area contributed by atoms with Crippen molar-refractivity contribution < 1.29 is 9.18 Å². The largest absolute Gasteiger partial charge is 0.353 e. The second kappa shape index (κ2) is 8.64. The Morgan fingerprint density at radius 1 is 1.23 bits per heavy atom. The van der Waals surface area contributed by atoms with E-state index >= 15 is 0 Å². The van der Waals surface area contributed by atoms with Gasteiger partial charge in [0.2, 0.25) is 5.91 Å². The molecule has 1 aliphatic rings. The summed E-state index contributed by atoms with van der Waals surface area (Å²) in [5, 5.41) is 7.64. The maximum atomic E-state index is 13.1. The van der Waals surface area contributed by atoms with Crippen LogP contribution in [0.1, 0.15) is 42.6 Å². The van der Waals surface area contributed by atoms with E-state index in [2.05, 4.69) is 10.4 Å². The van der Waals surface area contributed by atoms with Crippen LogP contribution in [0.2, 0.25) is 0 Å². The van der Waals surface area contributed by atoms with E-state index in [9.17, 15) is 9.18 Å². The fraction of sp³-hybridized carbons (Fsp3) is 0.474. The normalized spacial score (nSPS) is 19.7. The number of aryl methyl sites for hydroxylation is 1. The summed E-state index contributed by atoms with van der Waals surface area (Å²) in [5.41, 5.74) is 9.35. The number of hydrogen-bond donors (Lipinski definition) is 2. The number of hydrogen-bond acceptors (Lipinski definition) is 3. The first-order chi connectivity index (χ1) is 11.9. The molecule has 142 valence electrons. The van der Waals surface area contributed by atoms with E-state index in [1.165, 1.54) is 12.1 Å². The topological polar surface area (TPSA) is 72.9 Å². The number of rotatable bonds is 4. The minimum atomic E-state index is -0.280. The molecule has 0 saturated heterocycles. The van der Waals surface area contributed by atoms with Crippen molar-refractivity contribution in [3.05, 3.63) is 47.0 Å². The molecule has 0 radical (unpaired) electrons. The molecule has 1 amide bonds. The van der Waals surface area contributed by atoms with Gasteiger partial charge < -0.3 is 11.1 Å². The highest BCUT2D eigenvalue weighted by molar-refractivity contribution is 5.85. The molecule has 1 aromatic heterocycles. The van der Waals surface area contributed by atoms with Gasteiger partial charge in [0.15, 0.2) is 0 Å². The van der Waals surface area contributed by atoms with E-state index in [4.69, 9.17) is 5.73 Å². The zero-order valence-corrected chi connectivity index (χ0v) is 16.0. The van der Waals surface area contributed by atoms with E-state index in [0.717, 1.165) is 48.3 Å². The van der Waals surface area contributed by atoms with E-state index in [-0.39, 0.29) is 36.2 Å². The van der Waals surface area contributed by atoms with Gasteiger partial charge in [0.1, 0.15) is 5.82 Å². The third-order valence-corrected chi connectivity index (χ3v) is 4.99. The summed E-state index contributed by atoms with van der Waals surface area (Å²) in [5.74, 6) is -0.262. The van der Waals surface area contributed by atoms with Crippen LogP contribution in [0.4, 0.5) is 4.39 Å². The Bertz CT molecular complexity index is 752. The molecule has 5 nitrogen and oxygen atoms in total. The molecule has 1 saturated carbocycles. The monoisotopic (exact) mass is 380 g/mol. The highest BCUT2D eigenvalue weighted by Crippen LogP contribution is 2.20. The number of carbonyl (C=O) groups excluding carboxylic acids is 1. The molecule has 1 fully saturated rings. The van der Waals surface area contributed by atoms with Crippen molar-refractivity contribution in [2.24, 2.45) is 5.73 Å². The number of nitrogens with one attached hydrogen (secondary N) is 1. The molecule has 26 heavy (non-hydrogen) atoms. The minimum Gasteiger partial charge on any atom is -0.353 e. The Hall–Kier alpha value is -1.92. The average Bonchev–Trinajstić information content (AvgIpc) is 2.86. The van der Waals surface area contributed by atoms with Gasteiger partial charge in [0.25, 0.3) is 0 Å². The van der Waals surface area contributed by atoms with Gasteiger partial charge >= 0.3 is 0 Å². The van der Waals surface area contributed by atoms with E-state index in [1.54, 1.807) is 16.8 Å². The van der Waals surface area contributed by atoms with Gasteiger partial charge in [-0.15, -0.1) is 12.4 Å². The molecular formula is C19H26ClFN4O. The van der Waals surface area contributed by atoms with Gasteiger partial charge in [-0.3, -0.25) is 4.79 Å². The van der Waals surface area contributed by atoms with E-state index in [1.807, 2.05) is 13.8 Å². The first-order valence-electron chi connectivity index (χ1n) is 8.80. The number of halogens is 2. The van der Waals surface area contributed by atoms with Gasteiger partial charge in [-0.25, -0.2) is 9.07 Å². The summed E-state index contributed by atoms with van der Waals surface area (Å²) in [6.07, 6.45) is 4.12. The summed E-state index contributed by atoms with van der Waals surface area (Å²) in [6, 6.07) is 6.68. The number of benzene rings is 1. The summed E-state index contributed by atoms with van der Waals surface area (Å²) in [7, 11) is 0. The standard InChI is InChI=1S/C19H25FN4O.ClH/c1-12-18(11-19(25)22-16-7-5-15(21)6-8-16)13(2)24(23-12)17-9-3-14(20)4-10-17;/h3-4,9-10,15-16H,5-8,11,21H2,1-2H3,(H,22,25);1H. The second-order valence-electron chi connectivity index (χ2n) is 6.89. The Kier molecular flexibility index (Phi) is 6.78. The average molecular weight is 381 g/mol. The fourth-order valence-electron chi connectivity index (χ4n) is 3.47. The fourth-order valence-corrected chi connectivity index (χ4v) is 3.47. The second-order valence-corrected chi connectivity index (χ2v) is 6.89. The quantitative estimate of drug-likeness (QED) is 0.856. The maximum Gasteiger partial charge on any atom is 0.224 e. The van der Waals surface area contributed by atoms with Crippen molar-refractivity contribution in [3.8, 4) is 5.69 Å². The number of nitrogens with zero attached hydrogens (tertiary/aromatic N) is 2. The third kappa shape index (κ3) is 4.62. The number of amides is 1. The lowest BCUT2D eigenvalue weighted by Gasteiger charge is -2.26. The van der Waals surface area contributed by atoms with Crippen molar-refractivity contribution in [1.82, 2.24) is 15.1 Å². The highest BCUT2D eigenvalue weighted by Gasteiger charge is 2.22. The Balaban J connectivity index is 0.00000243. The summed E-state index contributed by atoms with van der Waals surface area (Å²) in [4.78, 5) is 12.4. The predicted molar refractivity (Wildman–Crippen MR) is 102 cm³/mol. The van der Waals surface area contributed by atoms with Gasteiger partial charge in [0.05, 0.1) is 17.8 Å². The van der Waals surface area contributed by atoms with Crippen LogP contribution < -0.4 is 11.1 Å². The van der Waals surface area contributed by atoms with Crippen molar-refractivity contribution in [3.63, 3.8) is 0 Å². The minimum absolute atomic E-state index is 0. The first kappa shape index (κ1) is 20.4. The van der Waals surface area contributed by atoms with E-state index in [0.29, 0.717) is 6.42 Å². The molecule has 0 bridgehead atoms. The molecule has 1 aliphatic carbocycles. The molecule has 0 atom stereocenters. The Morgan fingerprint density at radius 3 is 2.46 bits per heavy atom. The maximum absolute atomic E-state index is 13.1. The smallest absolute Gasteiger partial charge is 0.224 e. The molecule has 7 heteroatoms. The van der Waals surface area contributed by atoms with Gasteiger partial charge in [-0.1, -0.05) is 0 Å². The molecule has 3 rings (SSSR count). The zero-order chi connectivity index (χ0) is 18.0. The van der Waals surface area contributed by atoms with E-state index < -0.39 is 0 Å². The zero-order valence-electron chi connectivity index (χ0n) is 15.2. The van der Waals surface area contributed by atoms with Gasteiger partial charge in [-0.2, -0.15) is 5.10 Å². The van der Waals surface area contributed by atoms with Crippen LogP contribution in [0.3, 0.4) is 0 Å². The molecule has 1 heterocycles. The van der Waals surface area contributed by atoms with Crippen LogP contribution in [0, 0.1) is 19.7 Å². The van der Waals surface area contributed by atoms with Crippen molar-refractivity contribution in [2.75, 3.05) is 0 Å². The van der Waals surface area contributed by atoms with Crippen LogP contribution >= 0.6 is 12.4 Å². The summed E-state index contributed by atoms with van der Waals surface area (Å²) in [6.45, 7) is 3.83. The SMILES string of the molecule is Cc1nn(-c2ccc(F)cc2)c(C)c1CC(=O)NC1CCC(N)CC1.Cl. The molecule has 0 unspecified atom stereocenters. The molecular weight excluding hydrogens is 355 g/mol. The Morgan fingerprint density at radius 2 is 1.85 bits per heavy atom. The first-order valence-corrected chi connectivity index (χ1v) is 8.80. The number of carbonyl (C=O) groups is 1. The van der Waals surface area contributed by atoms with Gasteiger partial charge in [-0.05, 0) is 63.8 Å². The summed E-state index contributed by atoms with van der Waals surface area (Å²) < 4.78 is 14.9. The number of aromatic nitrogens is 2. The molecule has 1 aromatic carbocycles. The Labute approximate surface area is 159 Å². The van der Waals surface area contributed by atoms with Crippen LogP contribution in [0.15, 0.2) is 24.3 Å². The molecule has 3 N–H and O–H groups in total. The van der Waals surface area contributed by atoms with Gasteiger partial charge in [0, 0.05) is 23.3 Å². The molecule has 2 aromatic rings. The lowest BCUT2D eigenvalue weighted by atomic mass is 9.91. The lowest BCUT2D eigenvalue weighted by molar-refractivity contribution is -0.121. The van der Waals surface area contributed by atoms with Crippen molar-refractivity contribution in [2.45, 2.75) is 58.0 Å². The summed E-state index contributed by atoms with van der Waals surface area (Å²) >= 11 is 0. The molecule has 0 aliphatic heterocycles. The lowest BCUT2D eigenvalue weighted by Crippen LogP contribution is -2.41. The highest BCUT2D eigenvalue weighted by atomic mass is 35.5. The predicted octanol–water partition coefficient (Wildman–Crippen LogP) is 2.98. The van der Waals surface area contributed by atoms with Crippen LogP contribution in [-0.2, 0) is 11.2 Å². The van der Waals surface area contributed by atoms with Crippen LogP contribution in [0.25, 0.3) is 5.69 Å².